The van der Waals surface area contributed by atoms with Crippen molar-refractivity contribution in [3.05, 3.63) is 138 Å². The van der Waals surface area contributed by atoms with Gasteiger partial charge in [0.25, 0.3) is 0 Å². The Morgan fingerprint density at radius 2 is 1.00 bits per heavy atom. The molecular formula is C35H25NO2. The maximum Gasteiger partial charge on any atom is 0.234 e. The van der Waals surface area contributed by atoms with Crippen molar-refractivity contribution < 1.29 is 9.59 Å². The van der Waals surface area contributed by atoms with E-state index in [-0.39, 0.29) is 5.41 Å². The number of ketones is 2. The molecule has 0 radical (unpaired) electrons. The maximum absolute atomic E-state index is 12.7. The van der Waals surface area contributed by atoms with Crippen molar-refractivity contribution in [2.75, 3.05) is 4.90 Å². The van der Waals surface area contributed by atoms with E-state index >= 15 is 0 Å². The van der Waals surface area contributed by atoms with Crippen LogP contribution >= 0.6 is 0 Å². The van der Waals surface area contributed by atoms with Gasteiger partial charge in [-0.05, 0) is 69.8 Å². The molecule has 3 heteroatoms. The van der Waals surface area contributed by atoms with Crippen LogP contribution in [-0.4, -0.2) is 11.6 Å². The number of para-hydroxylation sites is 2. The minimum Gasteiger partial charge on any atom is -0.310 e. The van der Waals surface area contributed by atoms with E-state index in [2.05, 4.69) is 91.5 Å². The molecule has 3 nitrogen and oxygen atoms in total. The average molecular weight is 492 g/mol. The number of hydrogen-bond acceptors (Lipinski definition) is 3. The van der Waals surface area contributed by atoms with Crippen LogP contribution in [0.15, 0.2) is 115 Å². The van der Waals surface area contributed by atoms with E-state index in [4.69, 9.17) is 0 Å². The van der Waals surface area contributed by atoms with Crippen LogP contribution < -0.4 is 4.90 Å². The highest BCUT2D eigenvalue weighted by atomic mass is 16.2. The Morgan fingerprint density at radius 1 is 0.500 bits per heavy atom. The summed E-state index contributed by atoms with van der Waals surface area (Å²) in [6, 6.07) is 38.9. The molecule has 5 aromatic rings. The number of anilines is 3. The summed E-state index contributed by atoms with van der Waals surface area (Å²) in [5.41, 5.74) is 10.6. The Bertz CT molecular complexity index is 1730. The molecule has 0 atom stereocenters. The van der Waals surface area contributed by atoms with Crippen molar-refractivity contribution in [2.24, 2.45) is 0 Å². The monoisotopic (exact) mass is 491 g/mol. The van der Waals surface area contributed by atoms with Crippen LogP contribution in [0, 0.1) is 0 Å². The highest BCUT2D eigenvalue weighted by Crippen LogP contribution is 2.51. The largest absolute Gasteiger partial charge is 0.310 e. The Hall–Kier alpha value is -4.76. The van der Waals surface area contributed by atoms with Gasteiger partial charge in [0.1, 0.15) is 0 Å². The first kappa shape index (κ1) is 22.4. The molecule has 1 aliphatic carbocycles. The molecule has 0 amide bonds. The van der Waals surface area contributed by atoms with E-state index in [1.165, 1.54) is 22.5 Å². The van der Waals surface area contributed by atoms with Gasteiger partial charge < -0.3 is 4.90 Å². The zero-order valence-electron chi connectivity index (χ0n) is 21.2. The topological polar surface area (TPSA) is 37.4 Å². The van der Waals surface area contributed by atoms with Crippen LogP contribution in [0.5, 0.6) is 0 Å². The van der Waals surface area contributed by atoms with E-state index < -0.39 is 11.6 Å². The number of carbonyl (C=O) groups is 2. The number of carbonyl (C=O) groups excluding carboxylic acids is 2. The van der Waals surface area contributed by atoms with Gasteiger partial charge in [-0.3, -0.25) is 9.59 Å². The van der Waals surface area contributed by atoms with Crippen molar-refractivity contribution in [2.45, 2.75) is 19.3 Å². The van der Waals surface area contributed by atoms with Gasteiger partial charge in [0.15, 0.2) is 0 Å². The second-order valence-electron chi connectivity index (χ2n) is 10.5. The molecule has 2 aliphatic rings. The quantitative estimate of drug-likeness (QED) is 0.232. The second-order valence-corrected chi connectivity index (χ2v) is 10.5. The van der Waals surface area contributed by atoms with E-state index in [0.29, 0.717) is 11.1 Å². The van der Waals surface area contributed by atoms with Crippen molar-refractivity contribution >= 4 is 28.6 Å². The summed E-state index contributed by atoms with van der Waals surface area (Å²) in [7, 11) is 0. The van der Waals surface area contributed by atoms with Gasteiger partial charge in [-0.2, -0.15) is 0 Å². The summed E-state index contributed by atoms with van der Waals surface area (Å²) in [6.07, 6.45) is 0. The molecule has 0 saturated heterocycles. The smallest absolute Gasteiger partial charge is 0.234 e. The van der Waals surface area contributed by atoms with Crippen molar-refractivity contribution in [3.8, 4) is 22.3 Å². The van der Waals surface area contributed by atoms with E-state index in [9.17, 15) is 9.59 Å². The molecule has 1 heterocycles. The van der Waals surface area contributed by atoms with E-state index in [1.54, 1.807) is 18.2 Å². The molecule has 0 unspecified atom stereocenters. The molecule has 182 valence electrons. The van der Waals surface area contributed by atoms with Crippen LogP contribution in [0.2, 0.25) is 0 Å². The number of Topliss-reactive ketones (excluding diaryl/α,β-unsaturated/α-hetero) is 2. The van der Waals surface area contributed by atoms with Crippen molar-refractivity contribution in [1.29, 1.82) is 0 Å². The maximum atomic E-state index is 12.7. The lowest BCUT2D eigenvalue weighted by molar-refractivity contribution is 0.0815. The first-order valence-corrected chi connectivity index (χ1v) is 12.9. The highest BCUT2D eigenvalue weighted by Gasteiger charge is 2.36. The Balaban J connectivity index is 1.32. The van der Waals surface area contributed by atoms with Crippen LogP contribution in [0.3, 0.4) is 0 Å². The first-order valence-electron chi connectivity index (χ1n) is 12.9. The standard InChI is InChI=1S/C35H25NO2/c1-35(2)29-11-5-7-13-31(29)36(32-14-8-6-12-30(32)35)24-18-15-22(16-19-24)23-17-20-27-28(21-23)25-9-3-4-10-26(25)33(37)34(27)38/h3-21H,1-2H3. The summed E-state index contributed by atoms with van der Waals surface area (Å²) < 4.78 is 0. The molecule has 0 spiro atoms. The summed E-state index contributed by atoms with van der Waals surface area (Å²) in [4.78, 5) is 27.7. The predicted molar refractivity (Wildman–Crippen MR) is 153 cm³/mol. The number of hydrogen-bond donors (Lipinski definition) is 0. The lowest BCUT2D eigenvalue weighted by Gasteiger charge is -2.42. The Labute approximate surface area is 222 Å². The number of benzene rings is 5. The minimum atomic E-state index is -0.439. The average Bonchev–Trinajstić information content (AvgIpc) is 2.96. The molecule has 0 N–H and O–H groups in total. The molecule has 0 aromatic heterocycles. The summed E-state index contributed by atoms with van der Waals surface area (Å²) in [6.45, 7) is 4.58. The van der Waals surface area contributed by atoms with Gasteiger partial charge in [-0.25, -0.2) is 0 Å². The van der Waals surface area contributed by atoms with Gasteiger partial charge in [0, 0.05) is 22.2 Å². The fourth-order valence-corrected chi connectivity index (χ4v) is 6.06. The van der Waals surface area contributed by atoms with Gasteiger partial charge in [-0.1, -0.05) is 92.7 Å². The zero-order chi connectivity index (χ0) is 26.0. The summed E-state index contributed by atoms with van der Waals surface area (Å²) in [5.74, 6) is -0.874. The van der Waals surface area contributed by atoms with Crippen molar-refractivity contribution in [3.63, 3.8) is 0 Å². The highest BCUT2D eigenvalue weighted by molar-refractivity contribution is 6.53. The number of fused-ring (bicyclic) bond motifs is 5. The molecule has 1 aliphatic heterocycles. The van der Waals surface area contributed by atoms with Crippen LogP contribution in [0.4, 0.5) is 17.1 Å². The second kappa shape index (κ2) is 8.12. The molecule has 0 bridgehead atoms. The fraction of sp³-hybridized carbons (Fsp3) is 0.0857. The molecule has 38 heavy (non-hydrogen) atoms. The lowest BCUT2D eigenvalue weighted by Crippen LogP contribution is -2.30. The Morgan fingerprint density at radius 3 is 1.63 bits per heavy atom. The lowest BCUT2D eigenvalue weighted by atomic mass is 9.73. The summed E-state index contributed by atoms with van der Waals surface area (Å²) in [5, 5.41) is 0. The third-order valence-electron chi connectivity index (χ3n) is 8.03. The third-order valence-corrected chi connectivity index (χ3v) is 8.03. The third kappa shape index (κ3) is 3.15. The molecule has 7 rings (SSSR count). The zero-order valence-corrected chi connectivity index (χ0v) is 21.2. The predicted octanol–water partition coefficient (Wildman–Crippen LogP) is 8.51. The minimum absolute atomic E-state index is 0.0954. The van der Waals surface area contributed by atoms with Gasteiger partial charge in [-0.15, -0.1) is 0 Å². The van der Waals surface area contributed by atoms with Gasteiger partial charge in [0.05, 0.1) is 11.4 Å². The van der Waals surface area contributed by atoms with Gasteiger partial charge >= 0.3 is 0 Å². The number of rotatable bonds is 2. The fourth-order valence-electron chi connectivity index (χ4n) is 6.06. The van der Waals surface area contributed by atoms with Crippen LogP contribution in [0.25, 0.3) is 22.3 Å². The molecule has 5 aromatic carbocycles. The molecule has 0 fully saturated rings. The van der Waals surface area contributed by atoms with E-state index in [1.807, 2.05) is 24.3 Å². The molecule has 0 saturated carbocycles. The first-order chi connectivity index (χ1) is 18.4. The SMILES string of the molecule is CC1(C)c2ccccc2N(c2ccc(-c3ccc4c(c3)-c3ccccc3C(=O)C4=O)cc2)c2ccccc21. The molecular weight excluding hydrogens is 466 g/mol. The van der Waals surface area contributed by atoms with Crippen LogP contribution in [0.1, 0.15) is 45.7 Å². The summed E-state index contributed by atoms with van der Waals surface area (Å²) >= 11 is 0. The van der Waals surface area contributed by atoms with Gasteiger partial charge in [0.2, 0.25) is 11.6 Å². The van der Waals surface area contributed by atoms with E-state index in [0.717, 1.165) is 27.9 Å². The Kier molecular flexibility index (Phi) is 4.80. The number of nitrogens with zero attached hydrogens (tertiary/aromatic N) is 1. The van der Waals surface area contributed by atoms with Crippen molar-refractivity contribution in [1.82, 2.24) is 0 Å². The normalized spacial score (nSPS) is 14.8. The van der Waals surface area contributed by atoms with Crippen LogP contribution in [-0.2, 0) is 5.41 Å².